The zero-order valence-electron chi connectivity index (χ0n) is 10.7. The van der Waals surface area contributed by atoms with E-state index in [1.165, 1.54) is 18.5 Å². The Kier molecular flexibility index (Phi) is 3.99. The SMILES string of the molecule is CC1(COc2cc[n+]([O-])cc2Br)CCCCC1(F)F. The Morgan fingerprint density at radius 1 is 1.42 bits per heavy atom. The first-order valence-electron chi connectivity index (χ1n) is 6.23. The summed E-state index contributed by atoms with van der Waals surface area (Å²) in [4.78, 5) is 0. The van der Waals surface area contributed by atoms with Gasteiger partial charge in [0.1, 0.15) is 10.2 Å². The van der Waals surface area contributed by atoms with Crippen LogP contribution in [0.15, 0.2) is 22.9 Å². The van der Waals surface area contributed by atoms with Gasteiger partial charge in [-0.3, -0.25) is 0 Å². The van der Waals surface area contributed by atoms with Crippen molar-refractivity contribution in [2.45, 2.75) is 38.5 Å². The highest BCUT2D eigenvalue weighted by atomic mass is 79.9. The fourth-order valence-electron chi connectivity index (χ4n) is 2.32. The van der Waals surface area contributed by atoms with Crippen LogP contribution in [-0.4, -0.2) is 12.5 Å². The number of ether oxygens (including phenoxy) is 1. The maximum Gasteiger partial charge on any atom is 0.256 e. The van der Waals surface area contributed by atoms with Gasteiger partial charge in [0.15, 0.2) is 12.4 Å². The Bertz CT molecular complexity index is 470. The maximum absolute atomic E-state index is 14.0. The van der Waals surface area contributed by atoms with Crippen LogP contribution in [0.5, 0.6) is 5.75 Å². The molecule has 1 aliphatic carbocycles. The molecule has 0 aromatic carbocycles. The van der Waals surface area contributed by atoms with Gasteiger partial charge in [-0.2, -0.15) is 4.73 Å². The van der Waals surface area contributed by atoms with Crippen molar-refractivity contribution in [3.63, 3.8) is 0 Å². The minimum Gasteiger partial charge on any atom is -0.619 e. The average molecular weight is 336 g/mol. The summed E-state index contributed by atoms with van der Waals surface area (Å²) in [7, 11) is 0. The number of halogens is 3. The predicted octanol–water partition coefficient (Wildman–Crippen LogP) is 3.68. The van der Waals surface area contributed by atoms with Crippen LogP contribution in [0.3, 0.4) is 0 Å². The van der Waals surface area contributed by atoms with Gasteiger partial charge in [-0.05, 0) is 28.8 Å². The Hall–Kier alpha value is -0.910. The number of aromatic nitrogens is 1. The Morgan fingerprint density at radius 2 is 2.11 bits per heavy atom. The normalized spacial score (nSPS) is 26.1. The lowest BCUT2D eigenvalue weighted by atomic mass is 9.73. The number of hydrogen-bond donors (Lipinski definition) is 0. The summed E-state index contributed by atoms with van der Waals surface area (Å²) in [5, 5.41) is 11.0. The van der Waals surface area contributed by atoms with E-state index >= 15 is 0 Å². The largest absolute Gasteiger partial charge is 0.619 e. The molecule has 1 fully saturated rings. The van der Waals surface area contributed by atoms with Gasteiger partial charge in [0.2, 0.25) is 0 Å². The molecule has 1 aromatic rings. The highest BCUT2D eigenvalue weighted by molar-refractivity contribution is 9.10. The highest BCUT2D eigenvalue weighted by Crippen LogP contribution is 2.48. The zero-order chi connectivity index (χ0) is 14.1. The highest BCUT2D eigenvalue weighted by Gasteiger charge is 2.51. The quantitative estimate of drug-likeness (QED) is 0.624. The molecule has 106 valence electrons. The summed E-state index contributed by atoms with van der Waals surface area (Å²) >= 11 is 3.18. The summed E-state index contributed by atoms with van der Waals surface area (Å²) in [6.07, 6.45) is 4.30. The van der Waals surface area contributed by atoms with E-state index in [1.807, 2.05) is 0 Å². The average Bonchev–Trinajstić information content (AvgIpc) is 2.32. The third kappa shape index (κ3) is 2.99. The minimum atomic E-state index is -2.70. The molecule has 0 saturated heterocycles. The lowest BCUT2D eigenvalue weighted by Gasteiger charge is -2.40. The third-order valence-corrected chi connectivity index (χ3v) is 4.34. The second-order valence-electron chi connectivity index (χ2n) is 5.28. The molecule has 19 heavy (non-hydrogen) atoms. The molecule has 1 aliphatic rings. The standard InChI is InChI=1S/C13H16BrF2NO2/c1-12(5-2-3-6-13(12,15)16)9-19-11-4-7-17(18)8-10(11)14/h4,7-8H,2-3,5-6,9H2,1H3. The number of pyridine rings is 1. The van der Waals surface area contributed by atoms with Gasteiger partial charge in [-0.15, -0.1) is 0 Å². The summed E-state index contributed by atoms with van der Waals surface area (Å²) in [5.41, 5.74) is -1.14. The van der Waals surface area contributed by atoms with Crippen LogP contribution in [0.4, 0.5) is 8.78 Å². The van der Waals surface area contributed by atoms with Crippen LogP contribution in [0.25, 0.3) is 0 Å². The molecule has 1 atom stereocenters. The van der Waals surface area contributed by atoms with E-state index in [1.54, 1.807) is 6.92 Å². The molecule has 6 heteroatoms. The van der Waals surface area contributed by atoms with Crippen molar-refractivity contribution >= 4 is 15.9 Å². The number of alkyl halides is 2. The molecule has 1 heterocycles. The van der Waals surface area contributed by atoms with Crippen LogP contribution in [0.1, 0.15) is 32.6 Å². The Labute approximate surface area is 119 Å². The first kappa shape index (κ1) is 14.5. The van der Waals surface area contributed by atoms with Crippen LogP contribution in [0, 0.1) is 10.6 Å². The molecule has 2 rings (SSSR count). The van der Waals surface area contributed by atoms with Crippen LogP contribution in [0.2, 0.25) is 0 Å². The first-order chi connectivity index (χ1) is 8.84. The van der Waals surface area contributed by atoms with E-state index in [0.717, 1.165) is 6.42 Å². The van der Waals surface area contributed by atoms with Crippen LogP contribution >= 0.6 is 15.9 Å². The smallest absolute Gasteiger partial charge is 0.256 e. The van der Waals surface area contributed by atoms with Crippen molar-refractivity contribution < 1.29 is 18.2 Å². The van der Waals surface area contributed by atoms with Crippen molar-refractivity contribution in [2.75, 3.05) is 6.61 Å². The fourth-order valence-corrected chi connectivity index (χ4v) is 2.77. The van der Waals surface area contributed by atoms with Crippen molar-refractivity contribution in [3.8, 4) is 5.75 Å². The molecule has 3 nitrogen and oxygen atoms in total. The van der Waals surface area contributed by atoms with Gasteiger partial charge >= 0.3 is 0 Å². The van der Waals surface area contributed by atoms with Crippen LogP contribution in [-0.2, 0) is 0 Å². The molecule has 1 saturated carbocycles. The molecule has 1 aromatic heterocycles. The molecule has 0 bridgehead atoms. The number of rotatable bonds is 3. The Morgan fingerprint density at radius 3 is 2.74 bits per heavy atom. The third-order valence-electron chi connectivity index (χ3n) is 3.75. The van der Waals surface area contributed by atoms with E-state index in [0.29, 0.717) is 27.8 Å². The fraction of sp³-hybridized carbons (Fsp3) is 0.615. The van der Waals surface area contributed by atoms with E-state index in [4.69, 9.17) is 4.74 Å². The molecular formula is C13H16BrF2NO2. The van der Waals surface area contributed by atoms with E-state index in [2.05, 4.69) is 15.9 Å². The van der Waals surface area contributed by atoms with Gasteiger partial charge in [-0.25, -0.2) is 8.78 Å². The molecular weight excluding hydrogens is 320 g/mol. The summed E-state index contributed by atoms with van der Waals surface area (Å²) in [6, 6.07) is 1.47. The molecule has 0 N–H and O–H groups in total. The molecule has 0 spiro atoms. The number of nitrogens with zero attached hydrogens (tertiary/aromatic N) is 1. The predicted molar refractivity (Wildman–Crippen MR) is 70.1 cm³/mol. The Balaban J connectivity index is 2.08. The second kappa shape index (κ2) is 5.23. The summed E-state index contributed by atoms with van der Waals surface area (Å²) in [6.45, 7) is 1.51. The van der Waals surface area contributed by atoms with E-state index in [9.17, 15) is 14.0 Å². The molecule has 0 aliphatic heterocycles. The first-order valence-corrected chi connectivity index (χ1v) is 7.02. The van der Waals surface area contributed by atoms with Gasteiger partial charge in [0, 0.05) is 12.5 Å². The van der Waals surface area contributed by atoms with Crippen molar-refractivity contribution in [2.24, 2.45) is 5.41 Å². The monoisotopic (exact) mass is 335 g/mol. The number of hydrogen-bond acceptors (Lipinski definition) is 2. The van der Waals surface area contributed by atoms with Crippen molar-refractivity contribution in [1.29, 1.82) is 0 Å². The zero-order valence-corrected chi connectivity index (χ0v) is 12.3. The lowest BCUT2D eigenvalue weighted by molar-refractivity contribution is -0.606. The van der Waals surface area contributed by atoms with Gasteiger partial charge in [0.05, 0.1) is 12.0 Å². The maximum atomic E-state index is 14.0. The van der Waals surface area contributed by atoms with Gasteiger partial charge in [0.25, 0.3) is 5.92 Å². The van der Waals surface area contributed by atoms with E-state index < -0.39 is 11.3 Å². The topological polar surface area (TPSA) is 36.2 Å². The minimum absolute atomic E-state index is 0.0541. The van der Waals surface area contributed by atoms with Gasteiger partial charge in [-0.1, -0.05) is 13.3 Å². The van der Waals surface area contributed by atoms with E-state index in [-0.39, 0.29) is 13.0 Å². The molecule has 1 unspecified atom stereocenters. The van der Waals surface area contributed by atoms with Crippen molar-refractivity contribution in [1.82, 2.24) is 0 Å². The van der Waals surface area contributed by atoms with Crippen LogP contribution < -0.4 is 9.47 Å². The molecule has 0 radical (unpaired) electrons. The summed E-state index contributed by atoms with van der Waals surface area (Å²) in [5.74, 6) is -2.29. The second-order valence-corrected chi connectivity index (χ2v) is 6.13. The van der Waals surface area contributed by atoms with Gasteiger partial charge < -0.3 is 9.94 Å². The summed E-state index contributed by atoms with van der Waals surface area (Å²) < 4.78 is 34.5. The molecule has 0 amide bonds. The lowest BCUT2D eigenvalue weighted by Crippen LogP contribution is -2.46. The van der Waals surface area contributed by atoms with Crippen molar-refractivity contribution in [3.05, 3.63) is 28.1 Å².